The van der Waals surface area contributed by atoms with E-state index in [1.165, 1.54) is 4.90 Å². The van der Waals surface area contributed by atoms with Crippen molar-refractivity contribution in [2.24, 2.45) is 5.92 Å². The van der Waals surface area contributed by atoms with Crippen molar-refractivity contribution in [2.75, 3.05) is 18.4 Å². The average Bonchev–Trinajstić information content (AvgIpc) is 2.72. The smallest absolute Gasteiger partial charge is 0.319 e. The molecule has 0 spiro atoms. The number of nitrogens with zero attached hydrogens (tertiary/aromatic N) is 1. The molecule has 0 unspecified atom stereocenters. The Bertz CT molecular complexity index is 626. The van der Waals surface area contributed by atoms with Gasteiger partial charge in [-0.3, -0.25) is 14.5 Å². The van der Waals surface area contributed by atoms with Crippen LogP contribution < -0.4 is 10.6 Å². The van der Waals surface area contributed by atoms with Crippen LogP contribution in [0.3, 0.4) is 0 Å². The van der Waals surface area contributed by atoms with Crippen molar-refractivity contribution in [1.82, 2.24) is 10.2 Å². The van der Waals surface area contributed by atoms with Gasteiger partial charge in [-0.15, -0.1) is 0 Å². The van der Waals surface area contributed by atoms with E-state index in [-0.39, 0.29) is 23.8 Å². The summed E-state index contributed by atoms with van der Waals surface area (Å²) in [6.45, 7) is 6.96. The molecular formula is C17H23N3O3. The third-order valence-electron chi connectivity index (χ3n) is 3.59. The van der Waals surface area contributed by atoms with Crippen LogP contribution >= 0.6 is 0 Å². The zero-order valence-corrected chi connectivity index (χ0v) is 13.8. The van der Waals surface area contributed by atoms with Gasteiger partial charge in [0, 0.05) is 18.8 Å². The number of unbranched alkanes of at least 4 members (excludes halogenated alkanes) is 1. The second kappa shape index (κ2) is 7.26. The largest absolute Gasteiger partial charge is 0.338 e. The van der Waals surface area contributed by atoms with Gasteiger partial charge in [0.2, 0.25) is 0 Å². The Morgan fingerprint density at radius 2 is 1.87 bits per heavy atom. The number of benzene rings is 1. The number of amides is 4. The van der Waals surface area contributed by atoms with E-state index in [9.17, 15) is 14.4 Å². The van der Waals surface area contributed by atoms with Gasteiger partial charge < -0.3 is 10.6 Å². The maximum atomic E-state index is 12.4. The number of fused-ring (bicyclic) bond motifs is 1. The summed E-state index contributed by atoms with van der Waals surface area (Å²) >= 11 is 0. The summed E-state index contributed by atoms with van der Waals surface area (Å²) in [7, 11) is 0. The summed E-state index contributed by atoms with van der Waals surface area (Å²) in [4.78, 5) is 37.6. The molecule has 1 aliphatic heterocycles. The van der Waals surface area contributed by atoms with Crippen molar-refractivity contribution in [3.8, 4) is 0 Å². The Kier molecular flexibility index (Phi) is 5.36. The molecule has 0 saturated heterocycles. The molecule has 0 radical (unpaired) electrons. The topological polar surface area (TPSA) is 78.5 Å². The number of imide groups is 1. The molecule has 2 N–H and O–H groups in total. The lowest BCUT2D eigenvalue weighted by molar-refractivity contribution is 0.0636. The van der Waals surface area contributed by atoms with E-state index in [2.05, 4.69) is 10.6 Å². The summed E-state index contributed by atoms with van der Waals surface area (Å²) < 4.78 is 0. The Hall–Kier alpha value is -2.37. The lowest BCUT2D eigenvalue weighted by Crippen LogP contribution is -2.33. The standard InChI is InChI=1S/C17H23N3O3/c1-4-5-8-18-17(23)19-12-6-7-13-14(9-12)16(22)20(15(13)21)10-11(2)3/h6-7,9,11H,4-5,8,10H2,1-3H3,(H2,18,19,23). The first kappa shape index (κ1) is 17.0. The fourth-order valence-electron chi connectivity index (χ4n) is 2.45. The lowest BCUT2D eigenvalue weighted by atomic mass is 10.1. The second-order valence-electron chi connectivity index (χ2n) is 6.11. The number of rotatable bonds is 6. The van der Waals surface area contributed by atoms with E-state index in [4.69, 9.17) is 0 Å². The fourth-order valence-corrected chi connectivity index (χ4v) is 2.45. The van der Waals surface area contributed by atoms with Gasteiger partial charge in [-0.05, 0) is 30.5 Å². The van der Waals surface area contributed by atoms with Crippen LogP contribution in [0.2, 0.25) is 0 Å². The molecule has 6 heteroatoms. The molecule has 0 fully saturated rings. The predicted molar refractivity (Wildman–Crippen MR) is 88.6 cm³/mol. The molecule has 23 heavy (non-hydrogen) atoms. The molecule has 6 nitrogen and oxygen atoms in total. The number of hydrogen-bond donors (Lipinski definition) is 2. The molecule has 1 aromatic carbocycles. The number of urea groups is 1. The van der Waals surface area contributed by atoms with Gasteiger partial charge in [0.05, 0.1) is 11.1 Å². The van der Waals surface area contributed by atoms with Crippen LogP contribution in [0.1, 0.15) is 54.3 Å². The molecule has 0 saturated carbocycles. The number of carbonyl (C=O) groups is 3. The van der Waals surface area contributed by atoms with E-state index in [0.29, 0.717) is 29.9 Å². The molecular weight excluding hydrogens is 294 g/mol. The highest BCUT2D eigenvalue weighted by molar-refractivity contribution is 6.21. The van der Waals surface area contributed by atoms with E-state index in [1.54, 1.807) is 18.2 Å². The Morgan fingerprint density at radius 3 is 2.52 bits per heavy atom. The van der Waals surface area contributed by atoms with Gasteiger partial charge in [0.1, 0.15) is 0 Å². The van der Waals surface area contributed by atoms with Crippen molar-refractivity contribution >= 4 is 23.5 Å². The van der Waals surface area contributed by atoms with Crippen LogP contribution in [0, 0.1) is 5.92 Å². The summed E-state index contributed by atoms with van der Waals surface area (Å²) in [6, 6.07) is 4.49. The first-order chi connectivity index (χ1) is 10.9. The summed E-state index contributed by atoms with van der Waals surface area (Å²) in [5, 5.41) is 5.43. The van der Waals surface area contributed by atoms with Gasteiger partial charge in [0.15, 0.2) is 0 Å². The van der Waals surface area contributed by atoms with Crippen LogP contribution in [-0.4, -0.2) is 35.8 Å². The number of nitrogens with one attached hydrogen (secondary N) is 2. The maximum Gasteiger partial charge on any atom is 0.319 e. The third kappa shape index (κ3) is 3.88. The van der Waals surface area contributed by atoms with Gasteiger partial charge in [0.25, 0.3) is 11.8 Å². The minimum atomic E-state index is -0.311. The summed E-state index contributed by atoms with van der Waals surface area (Å²) in [5.41, 5.74) is 1.25. The zero-order valence-electron chi connectivity index (χ0n) is 13.8. The fraction of sp³-hybridized carbons (Fsp3) is 0.471. The average molecular weight is 317 g/mol. The highest BCUT2D eigenvalue weighted by Gasteiger charge is 2.35. The van der Waals surface area contributed by atoms with Gasteiger partial charge in [-0.2, -0.15) is 0 Å². The van der Waals surface area contributed by atoms with E-state index < -0.39 is 0 Å². The SMILES string of the molecule is CCCCNC(=O)Nc1ccc2c(c1)C(=O)N(CC(C)C)C2=O. The number of anilines is 1. The van der Waals surface area contributed by atoms with Gasteiger partial charge >= 0.3 is 6.03 Å². The molecule has 1 aromatic rings. The van der Waals surface area contributed by atoms with E-state index in [0.717, 1.165) is 12.8 Å². The molecule has 2 rings (SSSR count). The van der Waals surface area contributed by atoms with Crippen molar-refractivity contribution < 1.29 is 14.4 Å². The quantitative estimate of drug-likeness (QED) is 0.625. The van der Waals surface area contributed by atoms with E-state index >= 15 is 0 Å². The number of hydrogen-bond acceptors (Lipinski definition) is 3. The first-order valence-corrected chi connectivity index (χ1v) is 7.99. The molecule has 0 aliphatic carbocycles. The molecule has 0 bridgehead atoms. The van der Waals surface area contributed by atoms with Crippen molar-refractivity contribution in [1.29, 1.82) is 0 Å². The van der Waals surface area contributed by atoms with Crippen LogP contribution in [0.25, 0.3) is 0 Å². The molecule has 1 aliphatic rings. The Morgan fingerprint density at radius 1 is 1.17 bits per heavy atom. The number of carbonyl (C=O) groups excluding carboxylic acids is 3. The van der Waals surface area contributed by atoms with Crippen LogP contribution in [0.15, 0.2) is 18.2 Å². The molecule has 124 valence electrons. The Balaban J connectivity index is 2.09. The van der Waals surface area contributed by atoms with E-state index in [1.807, 2.05) is 20.8 Å². The molecule has 4 amide bonds. The summed E-state index contributed by atoms with van der Waals surface area (Å²) in [5.74, 6) is -0.356. The minimum Gasteiger partial charge on any atom is -0.338 e. The predicted octanol–water partition coefficient (Wildman–Crippen LogP) is 2.86. The molecule has 0 aromatic heterocycles. The first-order valence-electron chi connectivity index (χ1n) is 7.99. The maximum absolute atomic E-state index is 12.4. The highest BCUT2D eigenvalue weighted by atomic mass is 16.2. The lowest BCUT2D eigenvalue weighted by Gasteiger charge is -2.15. The van der Waals surface area contributed by atoms with Crippen LogP contribution in [0.4, 0.5) is 10.5 Å². The molecule has 1 heterocycles. The Labute approximate surface area is 136 Å². The van der Waals surface area contributed by atoms with Gasteiger partial charge in [-0.25, -0.2) is 4.79 Å². The molecule has 0 atom stereocenters. The van der Waals surface area contributed by atoms with Crippen molar-refractivity contribution in [2.45, 2.75) is 33.6 Å². The van der Waals surface area contributed by atoms with Gasteiger partial charge in [-0.1, -0.05) is 27.2 Å². The monoisotopic (exact) mass is 317 g/mol. The normalized spacial score (nSPS) is 13.5. The van der Waals surface area contributed by atoms with Crippen molar-refractivity contribution in [3.63, 3.8) is 0 Å². The van der Waals surface area contributed by atoms with Crippen LogP contribution in [-0.2, 0) is 0 Å². The third-order valence-corrected chi connectivity index (χ3v) is 3.59. The summed E-state index contributed by atoms with van der Waals surface area (Å²) in [6.07, 6.45) is 1.91. The second-order valence-corrected chi connectivity index (χ2v) is 6.11. The highest BCUT2D eigenvalue weighted by Crippen LogP contribution is 2.26. The zero-order chi connectivity index (χ0) is 17.0. The minimum absolute atomic E-state index is 0.208. The van der Waals surface area contributed by atoms with Crippen molar-refractivity contribution in [3.05, 3.63) is 29.3 Å². The van der Waals surface area contributed by atoms with Crippen LogP contribution in [0.5, 0.6) is 0 Å².